The van der Waals surface area contributed by atoms with Gasteiger partial charge in [0, 0.05) is 12.0 Å². The summed E-state index contributed by atoms with van der Waals surface area (Å²) in [5.74, 6) is 2.28. The van der Waals surface area contributed by atoms with E-state index < -0.39 is 5.60 Å². The predicted molar refractivity (Wildman–Crippen MR) is 118 cm³/mol. The second-order valence-corrected chi connectivity index (χ2v) is 11.4. The Labute approximate surface area is 181 Å². The van der Waals surface area contributed by atoms with E-state index in [-0.39, 0.29) is 5.41 Å². The largest absolute Gasteiger partial charge is 0.472 e. The van der Waals surface area contributed by atoms with Crippen LogP contribution in [-0.4, -0.2) is 30.0 Å². The molecule has 4 aliphatic rings. The first kappa shape index (κ1) is 21.0. The first-order valence-corrected chi connectivity index (χ1v) is 12.5. The van der Waals surface area contributed by atoms with E-state index in [9.17, 15) is 5.11 Å². The maximum Gasteiger partial charge on any atom is 0.0937 e. The molecule has 168 valence electrons. The van der Waals surface area contributed by atoms with Gasteiger partial charge in [0.15, 0.2) is 0 Å². The van der Waals surface area contributed by atoms with Gasteiger partial charge in [-0.2, -0.15) is 0 Å². The normalized spacial score (nSPS) is 48.1. The molecule has 1 aromatic heterocycles. The number of hydrogen-bond acceptors (Lipinski definition) is 4. The van der Waals surface area contributed by atoms with E-state index >= 15 is 0 Å². The third-order valence-corrected chi connectivity index (χ3v) is 10.5. The molecule has 0 saturated heterocycles. The zero-order chi connectivity index (χ0) is 21.0. The van der Waals surface area contributed by atoms with Gasteiger partial charge in [0.05, 0.1) is 24.2 Å². The molecule has 0 amide bonds. The number of rotatable bonds is 5. The zero-order valence-corrected chi connectivity index (χ0v) is 18.9. The minimum atomic E-state index is -0.527. The third-order valence-electron chi connectivity index (χ3n) is 10.5. The molecule has 5 rings (SSSR count). The van der Waals surface area contributed by atoms with Crippen LogP contribution < -0.4 is 5.73 Å². The highest BCUT2D eigenvalue weighted by Gasteiger charge is 2.67. The van der Waals surface area contributed by atoms with Crippen molar-refractivity contribution < 1.29 is 14.3 Å². The third kappa shape index (κ3) is 2.97. The molecule has 4 saturated carbocycles. The van der Waals surface area contributed by atoms with E-state index in [0.29, 0.717) is 29.3 Å². The summed E-state index contributed by atoms with van der Waals surface area (Å²) in [7, 11) is 0. The Balaban J connectivity index is 1.35. The summed E-state index contributed by atoms with van der Waals surface area (Å²) >= 11 is 0. The standard InChI is InChI=1S/C26H41NO3/c1-24-10-6-20(30-14-3-13-27)16-19(24)4-5-23-22(24)7-11-25(2)21(8-12-26(23,25)28)18-9-15-29-17-18/h9,15,17,19-23,28H,3-8,10-14,16,27H2,1-2H3/t19-,20-,21+,22-,23+,24-,25+,26-/m0/s1. The van der Waals surface area contributed by atoms with Crippen LogP contribution in [0.2, 0.25) is 0 Å². The van der Waals surface area contributed by atoms with Crippen LogP contribution in [0.1, 0.15) is 89.5 Å². The van der Waals surface area contributed by atoms with Gasteiger partial charge in [0.25, 0.3) is 0 Å². The van der Waals surface area contributed by atoms with E-state index in [2.05, 4.69) is 19.9 Å². The van der Waals surface area contributed by atoms with Gasteiger partial charge in [-0.3, -0.25) is 0 Å². The summed E-state index contributed by atoms with van der Waals surface area (Å²) in [5.41, 5.74) is 6.75. The first-order chi connectivity index (χ1) is 14.4. The van der Waals surface area contributed by atoms with Crippen molar-refractivity contribution >= 4 is 0 Å². The number of ether oxygens (including phenoxy) is 1. The van der Waals surface area contributed by atoms with Crippen molar-refractivity contribution in [3.8, 4) is 0 Å². The summed E-state index contributed by atoms with van der Waals surface area (Å²) in [6.07, 6.45) is 15.6. The predicted octanol–water partition coefficient (Wildman–Crippen LogP) is 5.25. The van der Waals surface area contributed by atoms with Gasteiger partial charge in [-0.1, -0.05) is 13.8 Å². The summed E-state index contributed by atoms with van der Waals surface area (Å²) in [4.78, 5) is 0. The molecular weight excluding hydrogens is 374 g/mol. The molecule has 0 aliphatic heterocycles. The topological polar surface area (TPSA) is 68.6 Å². The molecular formula is C26H41NO3. The molecule has 30 heavy (non-hydrogen) atoms. The summed E-state index contributed by atoms with van der Waals surface area (Å²) < 4.78 is 11.6. The smallest absolute Gasteiger partial charge is 0.0937 e. The van der Waals surface area contributed by atoms with Crippen molar-refractivity contribution in [2.24, 2.45) is 34.3 Å². The number of nitrogens with two attached hydrogens (primary N) is 1. The van der Waals surface area contributed by atoms with Gasteiger partial charge in [-0.05, 0) is 111 Å². The molecule has 0 aromatic carbocycles. The first-order valence-electron chi connectivity index (χ1n) is 12.5. The van der Waals surface area contributed by atoms with Crippen LogP contribution in [0.15, 0.2) is 23.0 Å². The van der Waals surface area contributed by atoms with Gasteiger partial charge < -0.3 is 20.0 Å². The zero-order valence-electron chi connectivity index (χ0n) is 18.9. The molecule has 0 spiro atoms. The molecule has 0 radical (unpaired) electrons. The molecule has 0 bridgehead atoms. The fraction of sp³-hybridized carbons (Fsp3) is 0.846. The van der Waals surface area contributed by atoms with Crippen molar-refractivity contribution in [1.29, 1.82) is 0 Å². The maximum atomic E-state index is 12.3. The van der Waals surface area contributed by atoms with Crippen molar-refractivity contribution in [3.63, 3.8) is 0 Å². The monoisotopic (exact) mass is 415 g/mol. The molecule has 4 fully saturated rings. The Morgan fingerprint density at radius 3 is 2.73 bits per heavy atom. The SMILES string of the molecule is C[C@]12CC[C@H](OCCCN)C[C@@H]1CC[C@@H]1[C@@H]2CC[C@]2(C)[C@@H](c3ccoc3)CC[C@]12O. The highest BCUT2D eigenvalue weighted by molar-refractivity contribution is 5.26. The van der Waals surface area contributed by atoms with Gasteiger partial charge >= 0.3 is 0 Å². The van der Waals surface area contributed by atoms with Crippen LogP contribution in [0.4, 0.5) is 0 Å². The van der Waals surface area contributed by atoms with E-state index in [4.69, 9.17) is 14.9 Å². The summed E-state index contributed by atoms with van der Waals surface area (Å²) in [6.45, 7) is 6.46. The second-order valence-electron chi connectivity index (χ2n) is 11.4. The molecule has 4 aliphatic carbocycles. The van der Waals surface area contributed by atoms with E-state index in [0.717, 1.165) is 44.8 Å². The van der Waals surface area contributed by atoms with Crippen molar-refractivity contribution in [1.82, 2.24) is 0 Å². The Morgan fingerprint density at radius 2 is 1.97 bits per heavy atom. The van der Waals surface area contributed by atoms with Crippen LogP contribution in [-0.2, 0) is 4.74 Å². The van der Waals surface area contributed by atoms with Crippen LogP contribution in [0.5, 0.6) is 0 Å². The highest BCUT2D eigenvalue weighted by Crippen LogP contribution is 2.70. The van der Waals surface area contributed by atoms with E-state index in [1.807, 2.05) is 6.26 Å². The minimum Gasteiger partial charge on any atom is -0.472 e. The molecule has 4 nitrogen and oxygen atoms in total. The number of furan rings is 1. The number of fused-ring (bicyclic) bond motifs is 5. The van der Waals surface area contributed by atoms with Crippen LogP contribution >= 0.6 is 0 Å². The van der Waals surface area contributed by atoms with Gasteiger partial charge in [0.1, 0.15) is 0 Å². The summed E-state index contributed by atoms with van der Waals surface area (Å²) in [6, 6.07) is 2.12. The van der Waals surface area contributed by atoms with Crippen molar-refractivity contribution in [3.05, 3.63) is 24.2 Å². The van der Waals surface area contributed by atoms with Crippen LogP contribution in [0, 0.1) is 28.6 Å². The fourth-order valence-corrected chi connectivity index (χ4v) is 8.68. The molecule has 3 N–H and O–H groups in total. The van der Waals surface area contributed by atoms with Crippen molar-refractivity contribution in [2.45, 2.75) is 95.7 Å². The Kier molecular flexibility index (Phi) is 5.35. The Morgan fingerprint density at radius 1 is 1.10 bits per heavy atom. The average Bonchev–Trinajstić information content (AvgIpc) is 3.34. The summed E-state index contributed by atoms with van der Waals surface area (Å²) in [5, 5.41) is 12.3. The molecule has 0 unspecified atom stereocenters. The van der Waals surface area contributed by atoms with Crippen molar-refractivity contribution in [2.75, 3.05) is 13.2 Å². The van der Waals surface area contributed by atoms with Crippen LogP contribution in [0.3, 0.4) is 0 Å². The maximum absolute atomic E-state index is 12.3. The number of aliphatic hydroxyl groups is 1. The Bertz CT molecular complexity index is 735. The highest BCUT2D eigenvalue weighted by atomic mass is 16.5. The molecule has 8 atom stereocenters. The lowest BCUT2D eigenvalue weighted by Gasteiger charge is -2.63. The van der Waals surface area contributed by atoms with E-state index in [1.54, 1.807) is 6.26 Å². The minimum absolute atomic E-state index is 0.0240. The molecule has 4 heteroatoms. The van der Waals surface area contributed by atoms with Gasteiger partial charge in [-0.15, -0.1) is 0 Å². The molecule has 1 heterocycles. The lowest BCUT2D eigenvalue weighted by molar-refractivity contribution is -0.207. The average molecular weight is 416 g/mol. The lowest BCUT2D eigenvalue weighted by atomic mass is 9.43. The van der Waals surface area contributed by atoms with Gasteiger partial charge in [0.2, 0.25) is 0 Å². The van der Waals surface area contributed by atoms with Crippen LogP contribution in [0.25, 0.3) is 0 Å². The quantitative estimate of drug-likeness (QED) is 0.644. The fourth-order valence-electron chi connectivity index (χ4n) is 8.68. The van der Waals surface area contributed by atoms with E-state index in [1.165, 1.54) is 44.1 Å². The number of hydrogen-bond donors (Lipinski definition) is 2. The second kappa shape index (κ2) is 7.64. The lowest BCUT2D eigenvalue weighted by Crippen LogP contribution is -2.62. The van der Waals surface area contributed by atoms with Gasteiger partial charge in [-0.25, -0.2) is 0 Å². The molecule has 1 aromatic rings. The Hall–Kier alpha value is -0.840.